The van der Waals surface area contributed by atoms with E-state index in [-0.39, 0.29) is 17.6 Å². The summed E-state index contributed by atoms with van der Waals surface area (Å²) in [6.07, 6.45) is 2.91. The van der Waals surface area contributed by atoms with Gasteiger partial charge in [-0.2, -0.15) is 0 Å². The predicted octanol–water partition coefficient (Wildman–Crippen LogP) is 3.66. The summed E-state index contributed by atoms with van der Waals surface area (Å²) in [6.45, 7) is 4.81. The Hall–Kier alpha value is -2.34. The molecule has 0 saturated carbocycles. The summed E-state index contributed by atoms with van der Waals surface area (Å²) in [5.74, 6) is -0.131. The zero-order chi connectivity index (χ0) is 19.4. The number of hydrogen-bond acceptors (Lipinski definition) is 5. The zero-order valence-corrected chi connectivity index (χ0v) is 16.3. The number of likely N-dealkylation sites (tertiary alicyclic amines) is 1. The smallest absolute Gasteiger partial charge is 0.312 e. The number of aryl methyl sites for hydroxylation is 1. The van der Waals surface area contributed by atoms with E-state index in [9.17, 15) is 9.59 Å². The third kappa shape index (κ3) is 4.16. The van der Waals surface area contributed by atoms with Gasteiger partial charge in [0.15, 0.2) is 6.39 Å². The van der Waals surface area contributed by atoms with Crippen molar-refractivity contribution in [2.45, 2.75) is 33.1 Å². The fourth-order valence-corrected chi connectivity index (χ4v) is 3.64. The molecule has 0 spiro atoms. The fraction of sp³-hybridized carbons (Fsp3) is 0.450. The molecule has 27 heavy (non-hydrogen) atoms. The van der Waals surface area contributed by atoms with Gasteiger partial charge in [0.25, 0.3) is 5.91 Å². The lowest BCUT2D eigenvalue weighted by atomic mass is 9.73. The minimum atomic E-state index is -0.642. The normalized spacial score (nSPS) is 16.2. The van der Waals surface area contributed by atoms with Crippen molar-refractivity contribution in [2.75, 3.05) is 19.7 Å². The lowest BCUT2D eigenvalue weighted by Gasteiger charge is -2.39. The van der Waals surface area contributed by atoms with Crippen LogP contribution in [0.3, 0.4) is 0 Å². The molecule has 1 aromatic carbocycles. The van der Waals surface area contributed by atoms with Gasteiger partial charge in [0.2, 0.25) is 5.76 Å². The minimum absolute atomic E-state index is 0.186. The fourth-order valence-electron chi connectivity index (χ4n) is 3.52. The quantitative estimate of drug-likeness (QED) is 0.728. The molecule has 2 aromatic rings. The number of nitrogens with zero attached hydrogens (tertiary/aromatic N) is 2. The highest BCUT2D eigenvalue weighted by Crippen LogP contribution is 2.37. The largest absolute Gasteiger partial charge is 0.466 e. The van der Waals surface area contributed by atoms with Gasteiger partial charge in [0.1, 0.15) is 0 Å². The maximum absolute atomic E-state index is 12.8. The van der Waals surface area contributed by atoms with Crippen LogP contribution in [0.15, 0.2) is 35.1 Å². The Kier molecular flexibility index (Phi) is 5.85. The van der Waals surface area contributed by atoms with E-state index in [1.165, 1.54) is 6.39 Å². The van der Waals surface area contributed by atoms with Crippen molar-refractivity contribution in [2.24, 2.45) is 5.41 Å². The monoisotopic (exact) mass is 390 g/mol. The molecule has 3 rings (SSSR count). The molecule has 0 N–H and O–H groups in total. The number of carbonyl (C=O) groups excluding carboxylic acids is 2. The number of benzene rings is 1. The number of oxazole rings is 1. The van der Waals surface area contributed by atoms with Crippen LogP contribution in [0.1, 0.15) is 41.6 Å². The molecule has 0 radical (unpaired) electrons. The second-order valence-corrected chi connectivity index (χ2v) is 7.30. The average Bonchev–Trinajstić information content (AvgIpc) is 3.10. The van der Waals surface area contributed by atoms with Crippen LogP contribution >= 0.6 is 11.6 Å². The van der Waals surface area contributed by atoms with Gasteiger partial charge >= 0.3 is 5.97 Å². The Bertz CT molecular complexity index is 808. The van der Waals surface area contributed by atoms with Crippen molar-refractivity contribution in [1.29, 1.82) is 0 Å². The van der Waals surface area contributed by atoms with E-state index < -0.39 is 5.41 Å². The van der Waals surface area contributed by atoms with E-state index in [1.807, 2.05) is 24.3 Å². The van der Waals surface area contributed by atoms with Crippen LogP contribution in [-0.4, -0.2) is 41.5 Å². The van der Waals surface area contributed by atoms with E-state index in [1.54, 1.807) is 18.7 Å². The van der Waals surface area contributed by atoms with Gasteiger partial charge in [-0.3, -0.25) is 9.59 Å². The molecule has 7 heteroatoms. The molecule has 1 amide bonds. The number of rotatable bonds is 5. The van der Waals surface area contributed by atoms with Crippen LogP contribution in [0.4, 0.5) is 0 Å². The van der Waals surface area contributed by atoms with Crippen LogP contribution < -0.4 is 0 Å². The summed E-state index contributed by atoms with van der Waals surface area (Å²) in [4.78, 5) is 31.1. The molecule has 1 fully saturated rings. The SMILES string of the molecule is CCOC(=O)C1(Cc2ccc(Cl)cc2)CCN(C(=O)c2ocnc2C)CC1. The predicted molar refractivity (Wildman–Crippen MR) is 101 cm³/mol. The highest BCUT2D eigenvalue weighted by atomic mass is 35.5. The first kappa shape index (κ1) is 19.4. The highest BCUT2D eigenvalue weighted by Gasteiger charge is 2.44. The first-order valence-corrected chi connectivity index (χ1v) is 9.44. The maximum Gasteiger partial charge on any atom is 0.312 e. The molecule has 0 bridgehead atoms. The van der Waals surface area contributed by atoms with Gasteiger partial charge < -0.3 is 14.1 Å². The van der Waals surface area contributed by atoms with Crippen LogP contribution in [0.5, 0.6) is 0 Å². The third-order valence-corrected chi connectivity index (χ3v) is 5.36. The number of esters is 1. The Morgan fingerprint density at radius 1 is 1.26 bits per heavy atom. The zero-order valence-electron chi connectivity index (χ0n) is 15.5. The van der Waals surface area contributed by atoms with Crippen molar-refractivity contribution in [3.8, 4) is 0 Å². The number of halogens is 1. The van der Waals surface area contributed by atoms with Crippen molar-refractivity contribution >= 4 is 23.5 Å². The Morgan fingerprint density at radius 2 is 1.93 bits per heavy atom. The van der Waals surface area contributed by atoms with E-state index in [4.69, 9.17) is 20.8 Å². The van der Waals surface area contributed by atoms with Gasteiger partial charge in [0, 0.05) is 18.1 Å². The van der Waals surface area contributed by atoms with Crippen molar-refractivity contribution in [3.63, 3.8) is 0 Å². The molecule has 6 nitrogen and oxygen atoms in total. The van der Waals surface area contributed by atoms with Crippen LogP contribution in [0, 0.1) is 12.3 Å². The topological polar surface area (TPSA) is 72.6 Å². The summed E-state index contributed by atoms with van der Waals surface area (Å²) in [5, 5.41) is 0.659. The van der Waals surface area contributed by atoms with Gasteiger partial charge in [-0.15, -0.1) is 0 Å². The molecule has 0 atom stereocenters. The average molecular weight is 391 g/mol. The molecule has 1 saturated heterocycles. The molecule has 2 heterocycles. The highest BCUT2D eigenvalue weighted by molar-refractivity contribution is 6.30. The number of amides is 1. The van der Waals surface area contributed by atoms with E-state index in [0.29, 0.717) is 49.7 Å². The molecule has 1 aliphatic rings. The summed E-state index contributed by atoms with van der Waals surface area (Å²) >= 11 is 5.97. The summed E-state index contributed by atoms with van der Waals surface area (Å²) in [6, 6.07) is 7.50. The molecule has 0 unspecified atom stereocenters. The molecule has 144 valence electrons. The second-order valence-electron chi connectivity index (χ2n) is 6.86. The van der Waals surface area contributed by atoms with Gasteiger partial charge in [-0.25, -0.2) is 4.98 Å². The van der Waals surface area contributed by atoms with E-state index >= 15 is 0 Å². The van der Waals surface area contributed by atoms with Gasteiger partial charge in [0.05, 0.1) is 17.7 Å². The lowest BCUT2D eigenvalue weighted by Crippen LogP contribution is -2.48. The standard InChI is InChI=1S/C20H23ClN2O4/c1-3-26-19(25)20(12-15-4-6-16(21)7-5-15)8-10-23(11-9-20)18(24)17-14(2)22-13-27-17/h4-7,13H,3,8-12H2,1-2H3. The van der Waals surface area contributed by atoms with Gasteiger partial charge in [-0.1, -0.05) is 23.7 Å². The summed E-state index contributed by atoms with van der Waals surface area (Å²) in [5.41, 5.74) is 0.957. The van der Waals surface area contributed by atoms with E-state index in [0.717, 1.165) is 5.56 Å². The Labute approximate surface area is 163 Å². The van der Waals surface area contributed by atoms with Gasteiger partial charge in [-0.05, 0) is 50.8 Å². The first-order chi connectivity index (χ1) is 12.9. The van der Waals surface area contributed by atoms with Crippen LogP contribution in [0.2, 0.25) is 5.02 Å². The summed E-state index contributed by atoms with van der Waals surface area (Å²) in [7, 11) is 0. The Morgan fingerprint density at radius 3 is 2.48 bits per heavy atom. The van der Waals surface area contributed by atoms with Crippen molar-refractivity contribution < 1.29 is 18.7 Å². The lowest BCUT2D eigenvalue weighted by molar-refractivity contribution is -0.158. The molecular formula is C20H23ClN2O4. The maximum atomic E-state index is 12.8. The molecule has 1 aromatic heterocycles. The minimum Gasteiger partial charge on any atom is -0.466 e. The van der Waals surface area contributed by atoms with Crippen LogP contribution in [0.25, 0.3) is 0 Å². The van der Waals surface area contributed by atoms with Crippen LogP contribution in [-0.2, 0) is 16.0 Å². The summed E-state index contributed by atoms with van der Waals surface area (Å²) < 4.78 is 10.6. The Balaban J connectivity index is 1.76. The second kappa shape index (κ2) is 8.13. The molecular weight excluding hydrogens is 368 g/mol. The van der Waals surface area contributed by atoms with E-state index in [2.05, 4.69) is 4.98 Å². The first-order valence-electron chi connectivity index (χ1n) is 9.06. The molecule has 0 aliphatic carbocycles. The van der Waals surface area contributed by atoms with Crippen molar-refractivity contribution in [1.82, 2.24) is 9.88 Å². The number of hydrogen-bond donors (Lipinski definition) is 0. The molecule has 1 aliphatic heterocycles. The van der Waals surface area contributed by atoms with Crippen molar-refractivity contribution in [3.05, 3.63) is 52.7 Å². The number of ether oxygens (including phenoxy) is 1. The number of aromatic nitrogens is 1. The number of carbonyl (C=O) groups is 2. The number of piperidine rings is 1. The third-order valence-electron chi connectivity index (χ3n) is 5.11.